The van der Waals surface area contributed by atoms with Gasteiger partial charge in [0, 0.05) is 15.5 Å². The number of imide groups is 1. The fourth-order valence-corrected chi connectivity index (χ4v) is 5.79. The summed E-state index contributed by atoms with van der Waals surface area (Å²) in [4.78, 5) is 43.0. The Morgan fingerprint density at radius 3 is 2.10 bits per heavy atom. The molecule has 1 heterocycles. The van der Waals surface area contributed by atoms with Crippen LogP contribution in [0.2, 0.25) is 0 Å². The van der Waals surface area contributed by atoms with Crippen molar-refractivity contribution >= 4 is 46.0 Å². The summed E-state index contributed by atoms with van der Waals surface area (Å²) in [7, 11) is 0. The minimum Gasteiger partial charge on any atom is -0.327 e. The molecule has 4 rings (SSSR count). The summed E-state index contributed by atoms with van der Waals surface area (Å²) < 4.78 is 1.04. The molecule has 0 radical (unpaired) electrons. The number of hydrogen-bond donors (Lipinski definition) is 0. The molecule has 29 heavy (non-hydrogen) atoms. The molecule has 3 amide bonds. The average Bonchev–Trinajstić information content (AvgIpc) is 3.06. The topological polar surface area (TPSA) is 57.7 Å². The van der Waals surface area contributed by atoms with E-state index in [1.807, 2.05) is 17.0 Å². The first-order chi connectivity index (χ1) is 13.6. The van der Waals surface area contributed by atoms with Crippen molar-refractivity contribution in [2.75, 3.05) is 4.90 Å². The summed E-state index contributed by atoms with van der Waals surface area (Å²) in [5.74, 6) is -0.521. The van der Waals surface area contributed by atoms with Crippen LogP contribution in [0.25, 0.3) is 0 Å². The van der Waals surface area contributed by atoms with Gasteiger partial charge in [0.05, 0.1) is 12.1 Å². The maximum Gasteiger partial charge on any atom is 0.257 e. The van der Waals surface area contributed by atoms with Crippen LogP contribution in [0, 0.1) is 20.3 Å². The van der Waals surface area contributed by atoms with Gasteiger partial charge in [-0.15, -0.1) is 0 Å². The summed E-state index contributed by atoms with van der Waals surface area (Å²) in [6, 6.07) is 6.76. The number of hydrogen-bond acceptors (Lipinski definition) is 3. The Morgan fingerprint density at radius 1 is 1.03 bits per heavy atom. The Kier molecular flexibility index (Phi) is 5.07. The highest BCUT2D eigenvalue weighted by atomic mass is 127. The van der Waals surface area contributed by atoms with E-state index in [1.165, 1.54) is 4.90 Å². The fraction of sp³-hybridized carbons (Fsp3) is 0.609. The zero-order valence-electron chi connectivity index (χ0n) is 17.6. The maximum absolute atomic E-state index is 13.7. The molecule has 156 valence electrons. The second-order valence-corrected chi connectivity index (χ2v) is 11.1. The van der Waals surface area contributed by atoms with Gasteiger partial charge in [-0.1, -0.05) is 40.5 Å². The van der Waals surface area contributed by atoms with Crippen molar-refractivity contribution in [2.24, 2.45) is 16.7 Å². The highest BCUT2D eigenvalue weighted by Gasteiger charge is 2.69. The van der Waals surface area contributed by atoms with Gasteiger partial charge in [-0.2, -0.15) is 0 Å². The Bertz CT molecular complexity index is 841. The maximum atomic E-state index is 13.7. The molecule has 1 aromatic rings. The standard InChI is InChI=1S/C23H29IN2O3/c1-22(2)19(23(22,3)4)21(29)25(15-7-5-6-8-15)17-13-18(27)26(20(17)28)16-11-9-14(24)10-12-16/h9-12,15,17,19H,5-8,13H2,1-4H3. The zero-order valence-corrected chi connectivity index (χ0v) is 19.7. The van der Waals surface area contributed by atoms with Crippen LogP contribution in [0.4, 0.5) is 5.69 Å². The minimum absolute atomic E-state index is 0.0579. The summed E-state index contributed by atoms with van der Waals surface area (Å²) in [5, 5.41) is 0. The molecule has 1 atom stereocenters. The van der Waals surface area contributed by atoms with Gasteiger partial charge in [0.2, 0.25) is 11.8 Å². The molecule has 2 aliphatic carbocycles. The number of halogens is 1. The predicted molar refractivity (Wildman–Crippen MR) is 120 cm³/mol. The largest absolute Gasteiger partial charge is 0.327 e. The van der Waals surface area contributed by atoms with Crippen molar-refractivity contribution in [3.63, 3.8) is 0 Å². The second kappa shape index (κ2) is 7.06. The molecule has 0 bridgehead atoms. The zero-order chi connectivity index (χ0) is 21.1. The first-order valence-electron chi connectivity index (χ1n) is 10.5. The van der Waals surface area contributed by atoms with Gasteiger partial charge in [-0.05, 0) is 70.5 Å². The van der Waals surface area contributed by atoms with Crippen molar-refractivity contribution in [2.45, 2.75) is 71.9 Å². The van der Waals surface area contributed by atoms with Crippen LogP contribution < -0.4 is 4.90 Å². The number of rotatable bonds is 4. The van der Waals surface area contributed by atoms with Crippen LogP contribution in [-0.4, -0.2) is 34.7 Å². The third-order valence-electron chi connectivity index (χ3n) is 7.78. The van der Waals surface area contributed by atoms with E-state index in [1.54, 1.807) is 12.1 Å². The molecule has 5 nitrogen and oxygen atoms in total. The number of anilines is 1. The lowest BCUT2D eigenvalue weighted by Crippen LogP contribution is -2.51. The molecule has 2 saturated carbocycles. The van der Waals surface area contributed by atoms with Crippen molar-refractivity contribution in [1.29, 1.82) is 0 Å². The van der Waals surface area contributed by atoms with Crippen molar-refractivity contribution in [3.8, 4) is 0 Å². The minimum atomic E-state index is -0.676. The van der Waals surface area contributed by atoms with Gasteiger partial charge in [0.1, 0.15) is 6.04 Å². The Labute approximate surface area is 186 Å². The van der Waals surface area contributed by atoms with Crippen molar-refractivity contribution < 1.29 is 14.4 Å². The summed E-state index contributed by atoms with van der Waals surface area (Å²) in [6.45, 7) is 8.51. The average molecular weight is 508 g/mol. The molecule has 0 spiro atoms. The first kappa shape index (κ1) is 20.8. The van der Waals surface area contributed by atoms with Crippen LogP contribution in [-0.2, 0) is 14.4 Å². The lowest BCUT2D eigenvalue weighted by Gasteiger charge is -2.34. The SMILES string of the molecule is CC1(C)C(C(=O)N(C2CCCC2)C2CC(=O)N(c3ccc(I)cc3)C2=O)C1(C)C. The normalized spacial score (nSPS) is 26.2. The third-order valence-corrected chi connectivity index (χ3v) is 8.50. The van der Waals surface area contributed by atoms with Crippen LogP contribution in [0.5, 0.6) is 0 Å². The van der Waals surface area contributed by atoms with Crippen LogP contribution in [0.3, 0.4) is 0 Å². The molecule has 1 unspecified atom stereocenters. The number of carbonyl (C=O) groups excluding carboxylic acids is 3. The molecule has 0 aromatic heterocycles. The molecule has 1 saturated heterocycles. The lowest BCUT2D eigenvalue weighted by atomic mass is 10.0. The fourth-order valence-electron chi connectivity index (χ4n) is 5.43. The molecular formula is C23H29IN2O3. The smallest absolute Gasteiger partial charge is 0.257 e. The molecule has 3 fully saturated rings. The van der Waals surface area contributed by atoms with E-state index in [2.05, 4.69) is 50.3 Å². The van der Waals surface area contributed by atoms with E-state index >= 15 is 0 Å². The van der Waals surface area contributed by atoms with E-state index in [9.17, 15) is 14.4 Å². The van der Waals surface area contributed by atoms with Gasteiger partial charge in [-0.3, -0.25) is 14.4 Å². The van der Waals surface area contributed by atoms with Gasteiger partial charge >= 0.3 is 0 Å². The van der Waals surface area contributed by atoms with Crippen LogP contribution in [0.1, 0.15) is 59.8 Å². The summed E-state index contributed by atoms with van der Waals surface area (Å²) >= 11 is 2.20. The molecule has 1 aromatic carbocycles. The molecule has 0 N–H and O–H groups in total. The van der Waals surface area contributed by atoms with Gasteiger partial charge < -0.3 is 4.90 Å². The number of nitrogens with zero attached hydrogens (tertiary/aromatic N) is 2. The highest BCUT2D eigenvalue weighted by molar-refractivity contribution is 14.1. The Morgan fingerprint density at radius 2 is 1.59 bits per heavy atom. The van der Waals surface area contributed by atoms with Crippen LogP contribution >= 0.6 is 22.6 Å². The molecule has 6 heteroatoms. The van der Waals surface area contributed by atoms with E-state index in [0.29, 0.717) is 5.69 Å². The van der Waals surface area contributed by atoms with E-state index in [0.717, 1.165) is 29.3 Å². The summed E-state index contributed by atoms with van der Waals surface area (Å²) in [5.41, 5.74) is 0.402. The number of carbonyl (C=O) groups is 3. The van der Waals surface area contributed by atoms with Gasteiger partial charge in [0.25, 0.3) is 5.91 Å². The van der Waals surface area contributed by atoms with Crippen molar-refractivity contribution in [1.82, 2.24) is 4.90 Å². The molecular weight excluding hydrogens is 479 g/mol. The predicted octanol–water partition coefficient (Wildman–Crippen LogP) is 4.38. The van der Waals surface area contributed by atoms with Gasteiger partial charge in [-0.25, -0.2) is 4.90 Å². The highest BCUT2D eigenvalue weighted by Crippen LogP contribution is 2.69. The van der Waals surface area contributed by atoms with Crippen molar-refractivity contribution in [3.05, 3.63) is 27.8 Å². The monoisotopic (exact) mass is 508 g/mol. The van der Waals surface area contributed by atoms with Crippen LogP contribution in [0.15, 0.2) is 24.3 Å². The molecule has 3 aliphatic rings. The second-order valence-electron chi connectivity index (χ2n) is 9.82. The Balaban J connectivity index is 1.65. The van der Waals surface area contributed by atoms with E-state index in [-0.39, 0.29) is 46.9 Å². The van der Waals surface area contributed by atoms with E-state index in [4.69, 9.17) is 0 Å². The lowest BCUT2D eigenvalue weighted by molar-refractivity contribution is -0.143. The quantitative estimate of drug-likeness (QED) is 0.448. The number of benzene rings is 1. The third kappa shape index (κ3) is 3.22. The first-order valence-corrected chi connectivity index (χ1v) is 11.6. The number of amides is 3. The van der Waals surface area contributed by atoms with Gasteiger partial charge in [0.15, 0.2) is 0 Å². The van der Waals surface area contributed by atoms with E-state index < -0.39 is 6.04 Å². The summed E-state index contributed by atoms with van der Waals surface area (Å²) in [6.07, 6.45) is 4.06. The Hall–Kier alpha value is -1.44. The molecule has 1 aliphatic heterocycles.